The minimum absolute atomic E-state index is 0.0274. The molecule has 7 heteroatoms. The van der Waals surface area contributed by atoms with E-state index < -0.39 is 10.0 Å². The molecule has 0 aromatic heterocycles. The van der Waals surface area contributed by atoms with Gasteiger partial charge in [0.1, 0.15) is 0 Å². The van der Waals surface area contributed by atoms with Gasteiger partial charge in [-0.25, -0.2) is 13.1 Å². The number of sulfonamides is 1. The number of amides is 1. The molecule has 1 amide bonds. The topological polar surface area (TPSA) is 78.5 Å². The van der Waals surface area contributed by atoms with Crippen LogP contribution >= 0.6 is 0 Å². The number of carbonyl (C=O) groups is 1. The maximum atomic E-state index is 13.3. The van der Waals surface area contributed by atoms with Gasteiger partial charge in [0.15, 0.2) is 0 Å². The zero-order chi connectivity index (χ0) is 21.2. The van der Waals surface area contributed by atoms with E-state index in [1.807, 2.05) is 4.90 Å². The average Bonchev–Trinajstić information content (AvgIpc) is 2.59. The van der Waals surface area contributed by atoms with Gasteiger partial charge < -0.3 is 10.2 Å². The first-order valence-electron chi connectivity index (χ1n) is 10.0. The third-order valence-electron chi connectivity index (χ3n) is 5.30. The van der Waals surface area contributed by atoms with Gasteiger partial charge in [0.2, 0.25) is 10.0 Å². The van der Waals surface area contributed by atoms with Crippen molar-refractivity contribution in [3.8, 4) is 0 Å². The van der Waals surface area contributed by atoms with Crippen LogP contribution in [0.2, 0.25) is 0 Å². The highest BCUT2D eigenvalue weighted by Crippen LogP contribution is 2.32. The Labute approximate surface area is 170 Å². The highest BCUT2D eigenvalue weighted by molar-refractivity contribution is 7.89. The van der Waals surface area contributed by atoms with E-state index in [0.29, 0.717) is 12.1 Å². The Morgan fingerprint density at radius 3 is 2.14 bits per heavy atom. The molecule has 28 heavy (non-hydrogen) atoms. The zero-order valence-corrected chi connectivity index (χ0v) is 18.8. The number of benzene rings is 1. The Morgan fingerprint density at radius 2 is 1.68 bits per heavy atom. The summed E-state index contributed by atoms with van der Waals surface area (Å²) in [5.74, 6) is -0.0274. The molecule has 158 valence electrons. The lowest BCUT2D eigenvalue weighted by molar-refractivity contribution is 0.0441. The Kier molecular flexibility index (Phi) is 6.94. The van der Waals surface area contributed by atoms with Crippen LogP contribution in [0.3, 0.4) is 0 Å². The third-order valence-corrected chi connectivity index (χ3v) is 6.73. The van der Waals surface area contributed by atoms with Crippen molar-refractivity contribution in [1.82, 2.24) is 14.9 Å². The number of hydrogen-bond acceptors (Lipinski definition) is 4. The van der Waals surface area contributed by atoms with Crippen LogP contribution in [-0.4, -0.2) is 49.9 Å². The van der Waals surface area contributed by atoms with Gasteiger partial charge in [-0.05, 0) is 78.3 Å². The van der Waals surface area contributed by atoms with Crippen LogP contribution < -0.4 is 10.0 Å². The molecule has 0 bridgehead atoms. The summed E-state index contributed by atoms with van der Waals surface area (Å²) in [7, 11) is -2.13. The molecule has 0 atom stereocenters. The smallest absolute Gasteiger partial charge is 0.254 e. The summed E-state index contributed by atoms with van der Waals surface area (Å²) in [5.41, 5.74) is 0.421. The largest absolute Gasteiger partial charge is 0.336 e. The van der Waals surface area contributed by atoms with Crippen molar-refractivity contribution in [3.05, 3.63) is 29.8 Å². The standard InChI is InChI=1S/C21H35N3O3S/c1-7-8-13-24(17-14-20(2,3)23-21(4,5)15-17)19(25)16-9-11-18(12-10-16)28(26,27)22-6/h9-12,17,22-23H,7-8,13-15H2,1-6H3. The van der Waals surface area contributed by atoms with Gasteiger partial charge >= 0.3 is 0 Å². The van der Waals surface area contributed by atoms with E-state index in [2.05, 4.69) is 44.7 Å². The van der Waals surface area contributed by atoms with Crippen LogP contribution in [0.5, 0.6) is 0 Å². The fraction of sp³-hybridized carbons (Fsp3) is 0.667. The summed E-state index contributed by atoms with van der Waals surface area (Å²) < 4.78 is 26.2. The fourth-order valence-corrected chi connectivity index (χ4v) is 5.06. The summed E-state index contributed by atoms with van der Waals surface area (Å²) >= 11 is 0. The van der Waals surface area contributed by atoms with Crippen LogP contribution in [0.4, 0.5) is 0 Å². The van der Waals surface area contributed by atoms with Crippen molar-refractivity contribution in [3.63, 3.8) is 0 Å². The molecule has 0 aliphatic carbocycles. The molecule has 1 aromatic carbocycles. The van der Waals surface area contributed by atoms with E-state index >= 15 is 0 Å². The number of nitrogens with zero attached hydrogens (tertiary/aromatic N) is 1. The molecule has 1 aliphatic rings. The van der Waals surface area contributed by atoms with E-state index in [1.165, 1.54) is 19.2 Å². The van der Waals surface area contributed by atoms with Crippen LogP contribution in [0.15, 0.2) is 29.2 Å². The highest BCUT2D eigenvalue weighted by atomic mass is 32.2. The lowest BCUT2D eigenvalue weighted by Gasteiger charge is -2.49. The van der Waals surface area contributed by atoms with Gasteiger partial charge in [0.25, 0.3) is 5.91 Å². The van der Waals surface area contributed by atoms with Crippen molar-refractivity contribution in [2.75, 3.05) is 13.6 Å². The van der Waals surface area contributed by atoms with Gasteiger partial charge in [-0.1, -0.05) is 13.3 Å². The lowest BCUT2D eigenvalue weighted by atomic mass is 9.78. The molecule has 0 unspecified atom stereocenters. The van der Waals surface area contributed by atoms with Gasteiger partial charge in [0.05, 0.1) is 4.90 Å². The molecule has 6 nitrogen and oxygen atoms in total. The van der Waals surface area contributed by atoms with Crippen molar-refractivity contribution in [2.24, 2.45) is 0 Å². The first kappa shape index (κ1) is 22.8. The second-order valence-electron chi connectivity index (χ2n) is 9.04. The normalized spacial score (nSPS) is 19.4. The molecule has 0 radical (unpaired) electrons. The number of carbonyl (C=O) groups excluding carboxylic acids is 1. The quantitative estimate of drug-likeness (QED) is 0.725. The molecule has 1 heterocycles. The number of nitrogens with one attached hydrogen (secondary N) is 2. The summed E-state index contributed by atoms with van der Waals surface area (Å²) in [6.45, 7) is 11.6. The van der Waals surface area contributed by atoms with Crippen molar-refractivity contribution < 1.29 is 13.2 Å². The molecule has 0 spiro atoms. The molecule has 1 fully saturated rings. The average molecular weight is 410 g/mol. The summed E-state index contributed by atoms with van der Waals surface area (Å²) in [5, 5.41) is 3.67. The van der Waals surface area contributed by atoms with Crippen LogP contribution in [0.25, 0.3) is 0 Å². The summed E-state index contributed by atoms with van der Waals surface area (Å²) in [6.07, 6.45) is 3.74. The second kappa shape index (κ2) is 8.51. The van der Waals surface area contributed by atoms with E-state index in [1.54, 1.807) is 12.1 Å². The second-order valence-corrected chi connectivity index (χ2v) is 10.9. The minimum Gasteiger partial charge on any atom is -0.336 e. The predicted octanol–water partition coefficient (Wildman–Crippen LogP) is 3.15. The SMILES string of the molecule is CCCCN(C(=O)c1ccc(S(=O)(=O)NC)cc1)C1CC(C)(C)NC(C)(C)C1. The Balaban J connectivity index is 2.31. The highest BCUT2D eigenvalue weighted by Gasteiger charge is 2.41. The molecule has 2 N–H and O–H groups in total. The fourth-order valence-electron chi connectivity index (χ4n) is 4.33. The van der Waals surface area contributed by atoms with Crippen LogP contribution in [0.1, 0.15) is 70.7 Å². The first-order chi connectivity index (χ1) is 12.9. The van der Waals surface area contributed by atoms with Crippen LogP contribution in [-0.2, 0) is 10.0 Å². The van der Waals surface area contributed by atoms with Gasteiger partial charge in [-0.3, -0.25) is 4.79 Å². The Hall–Kier alpha value is -1.44. The lowest BCUT2D eigenvalue weighted by Crippen LogP contribution is -2.62. The van der Waals surface area contributed by atoms with Crippen molar-refractivity contribution >= 4 is 15.9 Å². The molecule has 1 saturated heterocycles. The molecular weight excluding hydrogens is 374 g/mol. The monoisotopic (exact) mass is 409 g/mol. The van der Waals surface area contributed by atoms with Gasteiger partial charge in [-0.15, -0.1) is 0 Å². The first-order valence-corrected chi connectivity index (χ1v) is 11.5. The number of rotatable bonds is 7. The number of piperidine rings is 1. The summed E-state index contributed by atoms with van der Waals surface area (Å²) in [4.78, 5) is 15.5. The number of unbranched alkanes of at least 4 members (excludes halogenated alkanes) is 1. The minimum atomic E-state index is -3.51. The maximum absolute atomic E-state index is 13.3. The Bertz CT molecular complexity index is 770. The predicted molar refractivity (Wildman–Crippen MR) is 113 cm³/mol. The van der Waals surface area contributed by atoms with Gasteiger partial charge in [0, 0.05) is 29.2 Å². The molecule has 2 rings (SSSR count). The van der Waals surface area contributed by atoms with E-state index in [4.69, 9.17) is 0 Å². The maximum Gasteiger partial charge on any atom is 0.254 e. The molecule has 1 aromatic rings. The third kappa shape index (κ3) is 5.55. The zero-order valence-electron chi connectivity index (χ0n) is 18.0. The van der Waals surface area contributed by atoms with E-state index in [9.17, 15) is 13.2 Å². The molecule has 0 saturated carbocycles. The van der Waals surface area contributed by atoms with Crippen molar-refractivity contribution in [1.29, 1.82) is 0 Å². The summed E-state index contributed by atoms with van der Waals surface area (Å²) in [6, 6.07) is 6.36. The molecule has 1 aliphatic heterocycles. The van der Waals surface area contributed by atoms with Crippen LogP contribution in [0, 0.1) is 0 Å². The van der Waals surface area contributed by atoms with Crippen molar-refractivity contribution in [2.45, 2.75) is 82.3 Å². The van der Waals surface area contributed by atoms with Gasteiger partial charge in [-0.2, -0.15) is 0 Å². The Morgan fingerprint density at radius 1 is 1.14 bits per heavy atom. The molecular formula is C21H35N3O3S. The van der Waals surface area contributed by atoms with E-state index in [-0.39, 0.29) is 27.9 Å². The van der Waals surface area contributed by atoms with E-state index in [0.717, 1.165) is 25.7 Å². The number of hydrogen-bond donors (Lipinski definition) is 2.